The minimum atomic E-state index is 0.748. The molecule has 5 nitrogen and oxygen atoms in total. The number of piperazine rings is 1. The first-order valence-corrected chi connectivity index (χ1v) is 7.13. The van der Waals surface area contributed by atoms with Gasteiger partial charge in [0.25, 0.3) is 0 Å². The van der Waals surface area contributed by atoms with Gasteiger partial charge in [0.05, 0.1) is 47.4 Å². The van der Waals surface area contributed by atoms with Gasteiger partial charge in [-0.2, -0.15) is 0 Å². The van der Waals surface area contributed by atoms with Crippen LogP contribution in [0.15, 0.2) is 18.2 Å². The third kappa shape index (κ3) is 3.74. The lowest BCUT2D eigenvalue weighted by molar-refractivity contribution is -0.883. The summed E-state index contributed by atoms with van der Waals surface area (Å²) >= 11 is 5.48. The van der Waals surface area contributed by atoms with Crippen molar-refractivity contribution in [3.63, 3.8) is 0 Å². The van der Waals surface area contributed by atoms with Crippen LogP contribution in [0.4, 0.5) is 5.69 Å². The number of quaternary nitrogens is 1. The minimum Gasteiger partial charge on any atom is -0.497 e. The first-order valence-electron chi connectivity index (χ1n) is 6.72. The monoisotopic (exact) mass is 296 g/mol. The lowest BCUT2D eigenvalue weighted by atomic mass is 10.2. The third-order valence-corrected chi connectivity index (χ3v) is 3.87. The lowest BCUT2D eigenvalue weighted by Gasteiger charge is -2.32. The molecule has 1 aliphatic rings. The maximum Gasteiger partial charge on any atom is 0.173 e. The summed E-state index contributed by atoms with van der Waals surface area (Å²) in [5, 5.41) is 4.02. The summed E-state index contributed by atoms with van der Waals surface area (Å²) < 4.78 is 10.5. The summed E-state index contributed by atoms with van der Waals surface area (Å²) in [6.07, 6.45) is 0. The predicted molar refractivity (Wildman–Crippen MR) is 84.0 cm³/mol. The molecule has 2 N–H and O–H groups in total. The summed E-state index contributed by atoms with van der Waals surface area (Å²) in [6.45, 7) is 4.20. The molecule has 0 aliphatic carbocycles. The number of hydrogen-bond acceptors (Lipinski definition) is 3. The average Bonchev–Trinajstić information content (AvgIpc) is 2.47. The van der Waals surface area contributed by atoms with Crippen molar-refractivity contribution >= 4 is 23.0 Å². The number of benzene rings is 1. The Morgan fingerprint density at radius 3 is 2.20 bits per heavy atom. The fourth-order valence-electron chi connectivity index (χ4n) is 2.17. The molecule has 0 spiro atoms. The number of methoxy groups -OCH3 is 2. The number of likely N-dealkylation sites (N-methyl/N-ethyl adjacent to an activating group) is 1. The largest absolute Gasteiger partial charge is 0.497 e. The highest BCUT2D eigenvalue weighted by Crippen LogP contribution is 2.25. The van der Waals surface area contributed by atoms with Crippen molar-refractivity contribution in [3.8, 4) is 11.5 Å². The molecule has 0 atom stereocenters. The van der Waals surface area contributed by atoms with E-state index in [9.17, 15) is 0 Å². The van der Waals surface area contributed by atoms with Crippen LogP contribution in [0, 0.1) is 0 Å². The highest BCUT2D eigenvalue weighted by atomic mass is 32.1. The number of nitrogens with one attached hydrogen (secondary N) is 2. The molecule has 6 heteroatoms. The van der Waals surface area contributed by atoms with E-state index >= 15 is 0 Å². The zero-order chi connectivity index (χ0) is 14.5. The molecule has 1 aromatic carbocycles. The van der Waals surface area contributed by atoms with Gasteiger partial charge in [-0.25, -0.2) is 0 Å². The molecular weight excluding hydrogens is 274 g/mol. The molecule has 1 fully saturated rings. The molecule has 1 aromatic rings. The van der Waals surface area contributed by atoms with Gasteiger partial charge < -0.3 is 24.6 Å². The second-order valence-electron chi connectivity index (χ2n) is 4.98. The van der Waals surface area contributed by atoms with E-state index in [-0.39, 0.29) is 0 Å². The van der Waals surface area contributed by atoms with Crippen molar-refractivity contribution in [2.24, 2.45) is 0 Å². The molecule has 0 amide bonds. The summed E-state index contributed by atoms with van der Waals surface area (Å²) in [5.41, 5.74) is 0.887. The van der Waals surface area contributed by atoms with Gasteiger partial charge in [0.15, 0.2) is 5.11 Å². The quantitative estimate of drug-likeness (QED) is 0.781. The van der Waals surface area contributed by atoms with Crippen molar-refractivity contribution < 1.29 is 14.4 Å². The van der Waals surface area contributed by atoms with Gasteiger partial charge in [0.1, 0.15) is 11.5 Å². The van der Waals surface area contributed by atoms with Crippen LogP contribution in [0.2, 0.25) is 0 Å². The highest BCUT2D eigenvalue weighted by Gasteiger charge is 2.19. The lowest BCUT2D eigenvalue weighted by Crippen LogP contribution is -3.12. The molecule has 0 aromatic heterocycles. The zero-order valence-electron chi connectivity index (χ0n) is 12.2. The summed E-state index contributed by atoms with van der Waals surface area (Å²) in [5.74, 6) is 1.50. The van der Waals surface area contributed by atoms with E-state index in [2.05, 4.69) is 17.3 Å². The average molecular weight is 296 g/mol. The third-order valence-electron chi connectivity index (χ3n) is 3.51. The van der Waals surface area contributed by atoms with E-state index in [4.69, 9.17) is 21.7 Å². The Balaban J connectivity index is 2.03. The van der Waals surface area contributed by atoms with Gasteiger partial charge in [-0.15, -0.1) is 0 Å². The first-order chi connectivity index (χ1) is 9.62. The second-order valence-corrected chi connectivity index (χ2v) is 5.36. The van der Waals surface area contributed by atoms with Crippen LogP contribution in [0.25, 0.3) is 0 Å². The summed E-state index contributed by atoms with van der Waals surface area (Å²) in [4.78, 5) is 3.75. The molecule has 20 heavy (non-hydrogen) atoms. The van der Waals surface area contributed by atoms with Crippen LogP contribution in [0.1, 0.15) is 0 Å². The smallest absolute Gasteiger partial charge is 0.173 e. The van der Waals surface area contributed by atoms with Crippen LogP contribution in [0.5, 0.6) is 11.5 Å². The Morgan fingerprint density at radius 2 is 1.70 bits per heavy atom. The van der Waals surface area contributed by atoms with Gasteiger partial charge in [-0.3, -0.25) is 0 Å². The van der Waals surface area contributed by atoms with Gasteiger partial charge in [0, 0.05) is 23.9 Å². The van der Waals surface area contributed by atoms with E-state index in [0.717, 1.165) is 48.5 Å². The van der Waals surface area contributed by atoms with E-state index in [1.807, 2.05) is 18.2 Å². The second kappa shape index (κ2) is 6.76. The van der Waals surface area contributed by atoms with Crippen molar-refractivity contribution in [2.45, 2.75) is 0 Å². The molecule has 0 saturated carbocycles. The number of rotatable bonds is 3. The van der Waals surface area contributed by atoms with Crippen molar-refractivity contribution in [2.75, 3.05) is 52.8 Å². The number of nitrogens with zero attached hydrogens (tertiary/aromatic N) is 1. The number of hydrogen-bond donors (Lipinski definition) is 2. The highest BCUT2D eigenvalue weighted by molar-refractivity contribution is 7.80. The van der Waals surface area contributed by atoms with E-state index in [1.54, 1.807) is 19.1 Å². The number of anilines is 1. The molecule has 110 valence electrons. The van der Waals surface area contributed by atoms with Gasteiger partial charge in [-0.05, 0) is 12.2 Å². The molecule has 1 heterocycles. The first kappa shape index (κ1) is 14.9. The minimum absolute atomic E-state index is 0.748. The molecular formula is C14H22N3O2S+. The van der Waals surface area contributed by atoms with Crippen molar-refractivity contribution in [1.29, 1.82) is 0 Å². The SMILES string of the molecule is COc1cc(NC(=S)N2CC[NH+](C)CC2)cc(OC)c1. The molecule has 1 aliphatic heterocycles. The molecule has 2 rings (SSSR count). The van der Waals surface area contributed by atoms with Crippen LogP contribution < -0.4 is 19.7 Å². The summed E-state index contributed by atoms with van der Waals surface area (Å²) in [6, 6.07) is 5.67. The van der Waals surface area contributed by atoms with Crippen molar-refractivity contribution in [1.82, 2.24) is 4.90 Å². The number of ether oxygens (including phenoxy) is 2. The van der Waals surface area contributed by atoms with E-state index < -0.39 is 0 Å². The fourth-order valence-corrected chi connectivity index (χ4v) is 2.47. The topological polar surface area (TPSA) is 38.2 Å². The van der Waals surface area contributed by atoms with Crippen molar-refractivity contribution in [3.05, 3.63) is 18.2 Å². The standard InChI is InChI=1S/C14H21N3O2S/c1-16-4-6-17(7-5-16)14(20)15-11-8-12(18-2)10-13(9-11)19-3/h8-10H,4-7H2,1-3H3,(H,15,20)/p+1. The predicted octanol–water partition coefficient (Wildman–Crippen LogP) is 0.231. The van der Waals surface area contributed by atoms with E-state index in [0.29, 0.717) is 0 Å². The molecule has 0 radical (unpaired) electrons. The maximum atomic E-state index is 5.48. The maximum absolute atomic E-state index is 5.48. The molecule has 0 unspecified atom stereocenters. The van der Waals surface area contributed by atoms with Crippen LogP contribution in [-0.4, -0.2) is 57.5 Å². The number of thiocarbonyl (C=S) groups is 1. The van der Waals surface area contributed by atoms with E-state index in [1.165, 1.54) is 0 Å². The Kier molecular flexibility index (Phi) is 5.03. The summed E-state index contributed by atoms with van der Waals surface area (Å²) in [7, 11) is 5.49. The van der Waals surface area contributed by atoms with Gasteiger partial charge in [0.2, 0.25) is 0 Å². The zero-order valence-corrected chi connectivity index (χ0v) is 13.0. The Labute approximate surface area is 125 Å². The van der Waals surface area contributed by atoms with Crippen LogP contribution >= 0.6 is 12.2 Å². The van der Waals surface area contributed by atoms with Crippen LogP contribution in [0.3, 0.4) is 0 Å². The Morgan fingerprint density at radius 1 is 1.15 bits per heavy atom. The molecule has 1 saturated heterocycles. The van der Waals surface area contributed by atoms with Gasteiger partial charge in [-0.1, -0.05) is 0 Å². The molecule has 0 bridgehead atoms. The fraction of sp³-hybridized carbons (Fsp3) is 0.500. The Hall–Kier alpha value is -1.53. The normalized spacial score (nSPS) is 15.8. The van der Waals surface area contributed by atoms with Gasteiger partial charge >= 0.3 is 0 Å². The van der Waals surface area contributed by atoms with Crippen LogP contribution in [-0.2, 0) is 0 Å². The Bertz CT molecular complexity index is 451.